The number of carbonyl (C=O) groups excluding carboxylic acids is 1. The average Bonchev–Trinajstić information content (AvgIpc) is 3.54. The van der Waals surface area contributed by atoms with Crippen LogP contribution in [0.5, 0.6) is 11.5 Å². The lowest BCUT2D eigenvalue weighted by molar-refractivity contribution is -0.113. The van der Waals surface area contributed by atoms with Crippen molar-refractivity contribution in [1.29, 1.82) is 0 Å². The number of anilines is 1. The second kappa shape index (κ2) is 10.1. The van der Waals surface area contributed by atoms with Gasteiger partial charge in [-0.05, 0) is 38.0 Å². The number of aryl methyl sites for hydroxylation is 1. The number of carbonyl (C=O) groups is 1. The molecule has 3 heterocycles. The van der Waals surface area contributed by atoms with Crippen molar-refractivity contribution < 1.29 is 23.4 Å². The SMILES string of the molecule is COc1ccc(OC)c(NC(=O)CSc2nnc(-c3ccoc3C)n2CC2CCCO2)c1. The molecule has 3 aromatic rings. The molecule has 1 saturated heterocycles. The molecule has 1 fully saturated rings. The highest BCUT2D eigenvalue weighted by Gasteiger charge is 2.23. The zero-order valence-electron chi connectivity index (χ0n) is 18.3. The highest BCUT2D eigenvalue weighted by Crippen LogP contribution is 2.31. The molecule has 0 radical (unpaired) electrons. The smallest absolute Gasteiger partial charge is 0.234 e. The molecule has 1 aliphatic heterocycles. The summed E-state index contributed by atoms with van der Waals surface area (Å²) < 4.78 is 23.9. The zero-order chi connectivity index (χ0) is 22.5. The fourth-order valence-corrected chi connectivity index (χ4v) is 4.34. The van der Waals surface area contributed by atoms with Gasteiger partial charge in [0, 0.05) is 12.7 Å². The normalized spacial score (nSPS) is 15.7. The molecular weight excluding hydrogens is 432 g/mol. The number of thioether (sulfide) groups is 1. The number of hydrogen-bond donors (Lipinski definition) is 1. The topological polar surface area (TPSA) is 101 Å². The first-order chi connectivity index (χ1) is 15.6. The average molecular weight is 459 g/mol. The maximum absolute atomic E-state index is 12.7. The number of furan rings is 1. The van der Waals surface area contributed by atoms with E-state index in [1.807, 2.05) is 17.6 Å². The third-order valence-electron chi connectivity index (χ3n) is 5.24. The van der Waals surface area contributed by atoms with Crippen molar-refractivity contribution in [2.75, 3.05) is 31.9 Å². The summed E-state index contributed by atoms with van der Waals surface area (Å²) >= 11 is 1.32. The van der Waals surface area contributed by atoms with Gasteiger partial charge in [0.05, 0.1) is 50.1 Å². The van der Waals surface area contributed by atoms with Crippen molar-refractivity contribution in [3.63, 3.8) is 0 Å². The molecule has 1 unspecified atom stereocenters. The van der Waals surface area contributed by atoms with Crippen molar-refractivity contribution in [3.8, 4) is 22.9 Å². The molecule has 9 nitrogen and oxygen atoms in total. The third-order valence-corrected chi connectivity index (χ3v) is 6.21. The van der Waals surface area contributed by atoms with E-state index in [1.165, 1.54) is 11.8 Å². The molecule has 1 aliphatic rings. The molecule has 0 bridgehead atoms. The Morgan fingerprint density at radius 2 is 2.16 bits per heavy atom. The predicted molar refractivity (Wildman–Crippen MR) is 120 cm³/mol. The number of nitrogens with zero attached hydrogens (tertiary/aromatic N) is 3. The first kappa shape index (κ1) is 22.2. The fourth-order valence-electron chi connectivity index (χ4n) is 3.60. The van der Waals surface area contributed by atoms with Crippen molar-refractivity contribution >= 4 is 23.4 Å². The van der Waals surface area contributed by atoms with E-state index in [0.29, 0.717) is 34.7 Å². The summed E-state index contributed by atoms with van der Waals surface area (Å²) in [7, 11) is 3.13. The first-order valence-corrected chi connectivity index (χ1v) is 11.3. The van der Waals surface area contributed by atoms with E-state index in [1.54, 1.807) is 38.7 Å². The standard InChI is InChI=1S/C22H26N4O5S/c1-14-17(8-10-30-14)21-24-25-22(26(21)12-16-5-4-9-31-16)32-13-20(27)23-18-11-15(28-2)6-7-19(18)29-3/h6-8,10-11,16H,4-5,9,12-13H2,1-3H3,(H,23,27). The molecule has 1 amide bonds. The lowest BCUT2D eigenvalue weighted by Crippen LogP contribution is -2.18. The van der Waals surface area contributed by atoms with Gasteiger partial charge in [-0.3, -0.25) is 9.36 Å². The van der Waals surface area contributed by atoms with Crippen LogP contribution in [-0.4, -0.2) is 53.4 Å². The Morgan fingerprint density at radius 3 is 2.84 bits per heavy atom. The van der Waals surface area contributed by atoms with E-state index in [9.17, 15) is 4.79 Å². The summed E-state index contributed by atoms with van der Waals surface area (Å²) in [4.78, 5) is 12.7. The maximum atomic E-state index is 12.7. The number of hydrogen-bond acceptors (Lipinski definition) is 8. The Labute approximate surface area is 190 Å². The van der Waals surface area contributed by atoms with Gasteiger partial charge in [-0.2, -0.15) is 0 Å². The highest BCUT2D eigenvalue weighted by atomic mass is 32.2. The van der Waals surface area contributed by atoms with Crippen molar-refractivity contribution in [1.82, 2.24) is 14.8 Å². The van der Waals surface area contributed by atoms with E-state index in [4.69, 9.17) is 18.6 Å². The van der Waals surface area contributed by atoms with Crippen molar-refractivity contribution in [3.05, 3.63) is 36.3 Å². The Kier molecular flexibility index (Phi) is 7.01. The lowest BCUT2D eigenvalue weighted by Gasteiger charge is -2.15. The van der Waals surface area contributed by atoms with E-state index in [-0.39, 0.29) is 17.8 Å². The van der Waals surface area contributed by atoms with Crippen molar-refractivity contribution in [2.45, 2.75) is 37.6 Å². The number of aromatic nitrogens is 3. The molecular formula is C22H26N4O5S. The maximum Gasteiger partial charge on any atom is 0.234 e. The minimum absolute atomic E-state index is 0.103. The monoisotopic (exact) mass is 458 g/mol. The van der Waals surface area contributed by atoms with Crippen LogP contribution in [0.4, 0.5) is 5.69 Å². The molecule has 2 aromatic heterocycles. The van der Waals surface area contributed by atoms with E-state index >= 15 is 0 Å². The quantitative estimate of drug-likeness (QED) is 0.484. The number of amides is 1. The molecule has 170 valence electrons. The Hall–Kier alpha value is -2.98. The van der Waals surface area contributed by atoms with Crippen LogP contribution in [0, 0.1) is 6.92 Å². The van der Waals surface area contributed by atoms with Crippen LogP contribution in [0.3, 0.4) is 0 Å². The summed E-state index contributed by atoms with van der Waals surface area (Å²) in [5, 5.41) is 12.3. The Balaban J connectivity index is 1.50. The van der Waals surface area contributed by atoms with Gasteiger partial charge in [0.15, 0.2) is 11.0 Å². The van der Waals surface area contributed by atoms with Crippen LogP contribution in [0.25, 0.3) is 11.4 Å². The molecule has 1 aromatic carbocycles. The number of benzene rings is 1. The van der Waals surface area contributed by atoms with Crippen LogP contribution in [-0.2, 0) is 16.1 Å². The largest absolute Gasteiger partial charge is 0.497 e. The number of nitrogens with one attached hydrogen (secondary N) is 1. The van der Waals surface area contributed by atoms with Crippen LogP contribution >= 0.6 is 11.8 Å². The van der Waals surface area contributed by atoms with Crippen molar-refractivity contribution in [2.24, 2.45) is 0 Å². The van der Waals surface area contributed by atoms with Gasteiger partial charge in [0.1, 0.15) is 17.3 Å². The summed E-state index contributed by atoms with van der Waals surface area (Å²) in [5.74, 6) is 2.64. The number of ether oxygens (including phenoxy) is 3. The van der Waals surface area contributed by atoms with Gasteiger partial charge in [0.2, 0.25) is 5.91 Å². The summed E-state index contributed by atoms with van der Waals surface area (Å²) in [6.45, 7) is 3.28. The molecule has 0 saturated carbocycles. The number of methoxy groups -OCH3 is 2. The summed E-state index contributed by atoms with van der Waals surface area (Å²) in [6.07, 6.45) is 3.77. The van der Waals surface area contributed by atoms with Gasteiger partial charge in [0.25, 0.3) is 0 Å². The van der Waals surface area contributed by atoms with E-state index in [0.717, 1.165) is 30.8 Å². The minimum Gasteiger partial charge on any atom is -0.497 e. The summed E-state index contributed by atoms with van der Waals surface area (Å²) in [6, 6.07) is 7.12. The second-order valence-electron chi connectivity index (χ2n) is 7.35. The first-order valence-electron chi connectivity index (χ1n) is 10.3. The third kappa shape index (κ3) is 4.91. The van der Waals surface area contributed by atoms with Crippen LogP contribution in [0.15, 0.2) is 40.1 Å². The highest BCUT2D eigenvalue weighted by molar-refractivity contribution is 7.99. The minimum atomic E-state index is -0.186. The predicted octanol–water partition coefficient (Wildman–Crippen LogP) is 3.77. The second-order valence-corrected chi connectivity index (χ2v) is 8.29. The van der Waals surface area contributed by atoms with Crippen LogP contribution in [0.1, 0.15) is 18.6 Å². The molecule has 32 heavy (non-hydrogen) atoms. The molecule has 0 aliphatic carbocycles. The van der Waals surface area contributed by atoms with Crippen LogP contribution < -0.4 is 14.8 Å². The molecule has 10 heteroatoms. The van der Waals surface area contributed by atoms with Crippen LogP contribution in [0.2, 0.25) is 0 Å². The summed E-state index contributed by atoms with van der Waals surface area (Å²) in [5.41, 5.74) is 1.43. The Bertz CT molecular complexity index is 1070. The van der Waals surface area contributed by atoms with Gasteiger partial charge in [-0.25, -0.2) is 0 Å². The van der Waals surface area contributed by atoms with Gasteiger partial charge in [-0.15, -0.1) is 10.2 Å². The zero-order valence-corrected chi connectivity index (χ0v) is 19.1. The lowest BCUT2D eigenvalue weighted by atomic mass is 10.2. The van der Waals surface area contributed by atoms with E-state index in [2.05, 4.69) is 15.5 Å². The van der Waals surface area contributed by atoms with Gasteiger partial charge in [-0.1, -0.05) is 11.8 Å². The Morgan fingerprint density at radius 1 is 1.28 bits per heavy atom. The van der Waals surface area contributed by atoms with Gasteiger partial charge >= 0.3 is 0 Å². The fraction of sp³-hybridized carbons (Fsp3) is 0.409. The molecule has 1 atom stereocenters. The molecule has 0 spiro atoms. The van der Waals surface area contributed by atoms with Gasteiger partial charge < -0.3 is 23.9 Å². The van der Waals surface area contributed by atoms with E-state index < -0.39 is 0 Å². The molecule has 1 N–H and O–H groups in total. The molecule has 4 rings (SSSR count). The number of rotatable bonds is 9.